The first kappa shape index (κ1) is 15.7. The topological polar surface area (TPSA) is 43.6 Å². The second-order valence-electron chi connectivity index (χ2n) is 3.66. The molecule has 1 aromatic heterocycles. The van der Waals surface area contributed by atoms with Crippen molar-refractivity contribution in [1.29, 1.82) is 0 Å². The molecule has 10 heteroatoms. The summed E-state index contributed by atoms with van der Waals surface area (Å²) >= 11 is 0.980. The number of tetrazole rings is 1. The molecule has 0 unspecified atom stereocenters. The Kier molecular flexibility index (Phi) is 5.73. The molecule has 1 aliphatic carbocycles. The minimum Gasteiger partial charge on any atom is -0.445 e. The molecule has 0 saturated heterocycles. The van der Waals surface area contributed by atoms with Crippen molar-refractivity contribution in [3.63, 3.8) is 0 Å². The molecule has 0 aromatic carbocycles. The molecular weight excluding hydrogens is 279 g/mol. The fourth-order valence-corrected chi connectivity index (χ4v) is 2.00. The van der Waals surface area contributed by atoms with E-state index in [0.29, 0.717) is 5.16 Å². The summed E-state index contributed by atoms with van der Waals surface area (Å²) in [6.07, 6.45) is 1.98. The fraction of sp³-hybridized carbons (Fsp3) is 0.571. The van der Waals surface area contributed by atoms with Crippen LogP contribution in [0.3, 0.4) is 0 Å². The summed E-state index contributed by atoms with van der Waals surface area (Å²) in [5, 5.41) is 11.3. The number of thioether (sulfide) groups is 1. The van der Waals surface area contributed by atoms with Gasteiger partial charge in [-0.2, -0.15) is 0 Å². The molecular formula is C7H9BF3KN4S. The van der Waals surface area contributed by atoms with Crippen molar-refractivity contribution in [3.05, 3.63) is 12.1 Å². The van der Waals surface area contributed by atoms with Gasteiger partial charge in [-0.1, -0.05) is 11.8 Å². The van der Waals surface area contributed by atoms with Gasteiger partial charge in [0.1, 0.15) is 0 Å². The van der Waals surface area contributed by atoms with E-state index in [1.807, 2.05) is 0 Å². The van der Waals surface area contributed by atoms with Crippen molar-refractivity contribution in [1.82, 2.24) is 20.2 Å². The summed E-state index contributed by atoms with van der Waals surface area (Å²) in [6.45, 7) is -1.94. The predicted molar refractivity (Wildman–Crippen MR) is 55.0 cm³/mol. The smallest absolute Gasteiger partial charge is 0.445 e. The number of halogens is 3. The number of hydrogen-bond donors (Lipinski definition) is 0. The Bertz CT molecular complexity index is 406. The molecule has 0 N–H and O–H groups in total. The minimum atomic E-state index is -4.96. The molecule has 1 heterocycles. The third kappa shape index (κ3) is 4.35. The summed E-state index contributed by atoms with van der Waals surface area (Å²) in [4.78, 5) is 0. The van der Waals surface area contributed by atoms with Crippen molar-refractivity contribution in [2.75, 3.05) is 5.75 Å². The Morgan fingerprint density at radius 1 is 1.47 bits per heavy atom. The van der Waals surface area contributed by atoms with Gasteiger partial charge in [-0.25, -0.2) is 4.68 Å². The summed E-state index contributed by atoms with van der Waals surface area (Å²) in [5.74, 6) is -0.212. The summed E-state index contributed by atoms with van der Waals surface area (Å²) in [7, 11) is 0. The molecule has 0 radical (unpaired) electrons. The zero-order valence-corrected chi connectivity index (χ0v) is 13.3. The maximum atomic E-state index is 12.2. The Labute approximate surface area is 143 Å². The predicted octanol–water partition coefficient (Wildman–Crippen LogP) is -0.953. The summed E-state index contributed by atoms with van der Waals surface area (Å²) < 4.78 is 38.3. The van der Waals surface area contributed by atoms with Gasteiger partial charge < -0.3 is 12.9 Å². The van der Waals surface area contributed by atoms with Gasteiger partial charge >= 0.3 is 58.4 Å². The number of nitrogens with zero attached hydrogens (tertiary/aromatic N) is 4. The van der Waals surface area contributed by atoms with Crippen LogP contribution in [0, 0.1) is 0 Å². The van der Waals surface area contributed by atoms with Gasteiger partial charge in [0.25, 0.3) is 0 Å². The van der Waals surface area contributed by atoms with Crippen LogP contribution in [0.1, 0.15) is 18.9 Å². The normalized spacial score (nSPS) is 15.5. The molecule has 1 aromatic rings. The Morgan fingerprint density at radius 3 is 2.65 bits per heavy atom. The molecule has 17 heavy (non-hydrogen) atoms. The average Bonchev–Trinajstić information content (AvgIpc) is 2.93. The summed E-state index contributed by atoms with van der Waals surface area (Å²) in [6, 6.07) is 0.266. The van der Waals surface area contributed by atoms with Crippen molar-refractivity contribution in [2.45, 2.75) is 24.0 Å². The second kappa shape index (κ2) is 6.20. The van der Waals surface area contributed by atoms with E-state index in [1.54, 1.807) is 4.68 Å². The zero-order valence-electron chi connectivity index (χ0n) is 9.31. The molecule has 88 valence electrons. The quantitative estimate of drug-likeness (QED) is 0.517. The maximum absolute atomic E-state index is 12.2. The first-order chi connectivity index (χ1) is 7.48. The van der Waals surface area contributed by atoms with Crippen LogP contribution in [-0.2, 0) is 0 Å². The van der Waals surface area contributed by atoms with Gasteiger partial charge in [0.05, 0.1) is 6.04 Å². The van der Waals surface area contributed by atoms with Gasteiger partial charge in [-0.05, 0) is 29.0 Å². The third-order valence-corrected chi connectivity index (χ3v) is 3.25. The number of rotatable bonds is 5. The SMILES string of the molecule is C=C(CSc1nnnn1C1CC1)[B-](F)(F)F.[K+]. The zero-order chi connectivity index (χ0) is 11.8. The summed E-state index contributed by atoms with van der Waals surface area (Å²) in [5.41, 5.74) is -0.713. The molecule has 0 atom stereocenters. The number of aromatic nitrogens is 4. The Morgan fingerprint density at radius 2 is 2.12 bits per heavy atom. The van der Waals surface area contributed by atoms with E-state index in [9.17, 15) is 12.9 Å². The molecule has 0 amide bonds. The molecule has 1 saturated carbocycles. The van der Waals surface area contributed by atoms with E-state index in [-0.39, 0.29) is 63.2 Å². The largest absolute Gasteiger partial charge is 1.00 e. The van der Waals surface area contributed by atoms with Gasteiger partial charge in [0.15, 0.2) is 0 Å². The van der Waals surface area contributed by atoms with Gasteiger partial charge in [0.2, 0.25) is 5.16 Å². The van der Waals surface area contributed by atoms with Crippen molar-refractivity contribution in [2.24, 2.45) is 0 Å². The van der Waals surface area contributed by atoms with Crippen LogP contribution in [0.4, 0.5) is 12.9 Å². The van der Waals surface area contributed by atoms with E-state index >= 15 is 0 Å². The van der Waals surface area contributed by atoms with Crippen LogP contribution in [0.5, 0.6) is 0 Å². The van der Waals surface area contributed by atoms with Crippen molar-refractivity contribution >= 4 is 18.7 Å². The molecule has 1 fully saturated rings. The monoisotopic (exact) mass is 288 g/mol. The standard InChI is InChI=1S/C7H9BF3N4S.K/c1-5(8(9,10)11)4-16-7-12-13-14-15(7)6-2-3-6;/h6H,1-4H2;/q-1;+1. The van der Waals surface area contributed by atoms with E-state index in [1.165, 1.54) is 0 Å². The molecule has 4 nitrogen and oxygen atoms in total. The fourth-order valence-electron chi connectivity index (χ4n) is 1.08. The van der Waals surface area contributed by atoms with Gasteiger partial charge in [-0.15, -0.1) is 17.2 Å². The van der Waals surface area contributed by atoms with Crippen LogP contribution in [-0.4, -0.2) is 32.9 Å². The molecule has 1 aliphatic rings. The van der Waals surface area contributed by atoms with Gasteiger partial charge in [0, 0.05) is 0 Å². The van der Waals surface area contributed by atoms with E-state index in [4.69, 9.17) is 0 Å². The minimum absolute atomic E-state index is 0. The van der Waals surface area contributed by atoms with E-state index in [2.05, 4.69) is 22.1 Å². The van der Waals surface area contributed by atoms with Crippen molar-refractivity contribution < 1.29 is 64.3 Å². The Balaban J connectivity index is 0.00000144. The van der Waals surface area contributed by atoms with Crippen molar-refractivity contribution in [3.8, 4) is 0 Å². The maximum Gasteiger partial charge on any atom is 1.00 e. The van der Waals surface area contributed by atoms with Crippen LogP contribution in [0.25, 0.3) is 0 Å². The van der Waals surface area contributed by atoms with Crippen LogP contribution < -0.4 is 51.4 Å². The number of hydrogen-bond acceptors (Lipinski definition) is 4. The van der Waals surface area contributed by atoms with Crippen LogP contribution >= 0.6 is 11.8 Å². The first-order valence-corrected chi connectivity index (χ1v) is 5.75. The van der Waals surface area contributed by atoms with Gasteiger partial charge in [-0.3, -0.25) is 0 Å². The van der Waals surface area contributed by atoms with Crippen LogP contribution in [0.15, 0.2) is 17.2 Å². The average molecular weight is 288 g/mol. The van der Waals surface area contributed by atoms with Crippen LogP contribution in [0.2, 0.25) is 0 Å². The molecule has 0 bridgehead atoms. The second-order valence-corrected chi connectivity index (χ2v) is 4.60. The Hall–Kier alpha value is 0.651. The van der Waals surface area contributed by atoms with E-state index in [0.717, 1.165) is 24.6 Å². The first-order valence-electron chi connectivity index (χ1n) is 4.77. The molecule has 2 rings (SSSR count). The van der Waals surface area contributed by atoms with E-state index < -0.39 is 12.4 Å². The molecule has 0 spiro atoms. The third-order valence-electron chi connectivity index (χ3n) is 2.20. The molecule has 0 aliphatic heterocycles.